The number of rotatable bonds is 0. The maximum atomic E-state index is 3.95. The first-order valence-electron chi connectivity index (χ1n) is 7.03. The van der Waals surface area contributed by atoms with Gasteiger partial charge in [0.15, 0.2) is 0 Å². The van der Waals surface area contributed by atoms with Crippen LogP contribution in [-0.2, 0) is 0 Å². The topological polar surface area (TPSA) is 80.3 Å². The van der Waals surface area contributed by atoms with Crippen LogP contribution in [0, 0.1) is 0 Å². The SMILES string of the molecule is C1=Cc2ccccc2NN=C1.C1=Cc2ccccc2NN=C1.O. The third-order valence-electron chi connectivity index (χ3n) is 3.16. The molecular weight excluding hydrogens is 288 g/mol. The monoisotopic (exact) mass is 306 g/mol. The number of fused-ring (bicyclic) bond motifs is 2. The van der Waals surface area contributed by atoms with Crippen molar-refractivity contribution in [3.8, 4) is 0 Å². The van der Waals surface area contributed by atoms with Gasteiger partial charge in [-0.1, -0.05) is 48.6 Å². The normalized spacial score (nSPS) is 12.9. The summed E-state index contributed by atoms with van der Waals surface area (Å²) in [5.74, 6) is 0. The summed E-state index contributed by atoms with van der Waals surface area (Å²) in [6.45, 7) is 0. The highest BCUT2D eigenvalue weighted by molar-refractivity contribution is 5.84. The zero-order valence-corrected chi connectivity index (χ0v) is 12.5. The minimum Gasteiger partial charge on any atom is -0.412 e. The maximum Gasteiger partial charge on any atom is 0.0634 e. The van der Waals surface area contributed by atoms with Gasteiger partial charge in [0.05, 0.1) is 11.4 Å². The van der Waals surface area contributed by atoms with Crippen molar-refractivity contribution < 1.29 is 5.48 Å². The van der Waals surface area contributed by atoms with Gasteiger partial charge in [0.2, 0.25) is 0 Å². The predicted molar refractivity (Wildman–Crippen MR) is 98.8 cm³/mol. The highest BCUT2D eigenvalue weighted by atomic mass is 16.0. The third kappa shape index (κ3) is 4.39. The van der Waals surface area contributed by atoms with Crippen LogP contribution >= 0.6 is 0 Å². The van der Waals surface area contributed by atoms with Gasteiger partial charge in [0.25, 0.3) is 0 Å². The lowest BCUT2D eigenvalue weighted by Crippen LogP contribution is -1.87. The molecule has 116 valence electrons. The Morgan fingerprint density at radius 2 is 1.04 bits per heavy atom. The maximum absolute atomic E-state index is 3.95. The molecule has 0 atom stereocenters. The number of para-hydroxylation sites is 2. The van der Waals surface area contributed by atoms with Crippen molar-refractivity contribution in [1.82, 2.24) is 0 Å². The Hall–Kier alpha value is -3.18. The van der Waals surface area contributed by atoms with Crippen LogP contribution in [0.2, 0.25) is 0 Å². The smallest absolute Gasteiger partial charge is 0.0634 e. The standard InChI is InChI=1S/2C9H8N2.H2O/c2*1-2-6-9-8(4-1)5-3-7-10-11-9;/h2*1-7,11H;1H2. The molecule has 2 aromatic rings. The lowest BCUT2D eigenvalue weighted by molar-refractivity contribution is 0.824. The molecule has 0 radical (unpaired) electrons. The Kier molecular flexibility index (Phi) is 5.85. The molecule has 0 aromatic heterocycles. The van der Waals surface area contributed by atoms with E-state index in [-0.39, 0.29) is 5.48 Å². The number of allylic oxidation sites excluding steroid dienone is 2. The predicted octanol–water partition coefficient (Wildman–Crippen LogP) is 3.40. The van der Waals surface area contributed by atoms with Gasteiger partial charge in [-0.2, -0.15) is 10.2 Å². The third-order valence-corrected chi connectivity index (χ3v) is 3.16. The Morgan fingerprint density at radius 1 is 0.609 bits per heavy atom. The summed E-state index contributed by atoms with van der Waals surface area (Å²) in [4.78, 5) is 0. The van der Waals surface area contributed by atoms with E-state index in [1.54, 1.807) is 12.4 Å². The van der Waals surface area contributed by atoms with E-state index in [1.807, 2.05) is 72.8 Å². The first-order chi connectivity index (χ1) is 10.9. The van der Waals surface area contributed by atoms with Crippen LogP contribution in [0.25, 0.3) is 12.2 Å². The molecule has 0 saturated heterocycles. The molecule has 4 N–H and O–H groups in total. The molecule has 2 aliphatic rings. The molecule has 0 unspecified atom stereocenters. The number of nitrogens with one attached hydrogen (secondary N) is 2. The summed E-state index contributed by atoms with van der Waals surface area (Å²) in [7, 11) is 0. The first kappa shape index (κ1) is 16.2. The molecule has 5 nitrogen and oxygen atoms in total. The molecule has 2 heterocycles. The summed E-state index contributed by atoms with van der Waals surface area (Å²) < 4.78 is 0. The Bertz CT molecular complexity index is 698. The van der Waals surface area contributed by atoms with E-state index in [1.165, 1.54) is 11.1 Å². The second-order valence-corrected chi connectivity index (χ2v) is 4.67. The average molecular weight is 306 g/mol. The van der Waals surface area contributed by atoms with Crippen LogP contribution in [0.4, 0.5) is 11.4 Å². The number of nitrogens with zero attached hydrogens (tertiary/aromatic N) is 2. The minimum atomic E-state index is 0. The Morgan fingerprint density at radius 3 is 1.52 bits per heavy atom. The molecule has 2 aromatic carbocycles. The summed E-state index contributed by atoms with van der Waals surface area (Å²) in [6, 6.07) is 16.1. The van der Waals surface area contributed by atoms with Crippen molar-refractivity contribution in [2.45, 2.75) is 0 Å². The highest BCUT2D eigenvalue weighted by Crippen LogP contribution is 2.18. The second-order valence-electron chi connectivity index (χ2n) is 4.67. The average Bonchev–Trinajstić information content (AvgIpc) is 2.95. The van der Waals surface area contributed by atoms with E-state index in [9.17, 15) is 0 Å². The highest BCUT2D eigenvalue weighted by Gasteiger charge is 1.97. The fourth-order valence-electron chi connectivity index (χ4n) is 2.08. The fourth-order valence-corrected chi connectivity index (χ4v) is 2.08. The number of hydrazone groups is 2. The largest absolute Gasteiger partial charge is 0.412 e. The number of anilines is 2. The number of hydrogen-bond acceptors (Lipinski definition) is 4. The van der Waals surface area contributed by atoms with E-state index >= 15 is 0 Å². The number of benzene rings is 2. The van der Waals surface area contributed by atoms with Crippen molar-refractivity contribution in [1.29, 1.82) is 0 Å². The zero-order chi connectivity index (χ0) is 15.0. The van der Waals surface area contributed by atoms with E-state index in [4.69, 9.17) is 0 Å². The molecule has 0 fully saturated rings. The van der Waals surface area contributed by atoms with E-state index < -0.39 is 0 Å². The van der Waals surface area contributed by atoms with E-state index in [0.29, 0.717) is 0 Å². The number of hydrogen-bond donors (Lipinski definition) is 2. The van der Waals surface area contributed by atoms with E-state index in [2.05, 4.69) is 21.1 Å². The molecule has 0 amide bonds. The molecule has 0 saturated carbocycles. The lowest BCUT2D eigenvalue weighted by Gasteiger charge is -2.00. The Labute approximate surface area is 135 Å². The van der Waals surface area contributed by atoms with Crippen molar-refractivity contribution in [2.75, 3.05) is 10.9 Å². The molecule has 0 aliphatic carbocycles. The summed E-state index contributed by atoms with van der Waals surface area (Å²) in [5.41, 5.74) is 10.3. The van der Waals surface area contributed by atoms with Gasteiger partial charge in [0.1, 0.15) is 0 Å². The minimum absolute atomic E-state index is 0. The molecule has 2 aliphatic heterocycles. The van der Waals surface area contributed by atoms with Gasteiger partial charge in [-0.25, -0.2) is 0 Å². The summed E-state index contributed by atoms with van der Waals surface area (Å²) in [6.07, 6.45) is 11.4. The van der Waals surface area contributed by atoms with Gasteiger partial charge in [0, 0.05) is 12.4 Å². The van der Waals surface area contributed by atoms with Crippen LogP contribution in [0.5, 0.6) is 0 Å². The van der Waals surface area contributed by atoms with Gasteiger partial charge >= 0.3 is 0 Å². The Balaban J connectivity index is 0.000000160. The van der Waals surface area contributed by atoms with Gasteiger partial charge < -0.3 is 5.48 Å². The van der Waals surface area contributed by atoms with Crippen LogP contribution in [-0.4, -0.2) is 17.9 Å². The zero-order valence-electron chi connectivity index (χ0n) is 12.5. The van der Waals surface area contributed by atoms with Crippen molar-refractivity contribution in [2.24, 2.45) is 10.2 Å². The molecule has 4 rings (SSSR count). The van der Waals surface area contributed by atoms with Crippen molar-refractivity contribution >= 4 is 36.0 Å². The second kappa shape index (κ2) is 8.31. The van der Waals surface area contributed by atoms with Crippen LogP contribution < -0.4 is 10.9 Å². The molecule has 0 bridgehead atoms. The van der Waals surface area contributed by atoms with Crippen molar-refractivity contribution in [3.05, 3.63) is 71.8 Å². The summed E-state index contributed by atoms with van der Waals surface area (Å²) in [5, 5.41) is 7.90. The molecule has 5 heteroatoms. The van der Waals surface area contributed by atoms with Gasteiger partial charge in [-0.3, -0.25) is 10.9 Å². The first-order valence-corrected chi connectivity index (χ1v) is 7.03. The quantitative estimate of drug-likeness (QED) is 0.782. The molecule has 23 heavy (non-hydrogen) atoms. The van der Waals surface area contributed by atoms with Crippen LogP contribution in [0.15, 0.2) is 70.9 Å². The lowest BCUT2D eigenvalue weighted by atomic mass is 10.2. The van der Waals surface area contributed by atoms with Gasteiger partial charge in [-0.05, 0) is 35.4 Å². The summed E-state index contributed by atoms with van der Waals surface area (Å²) >= 11 is 0. The van der Waals surface area contributed by atoms with Crippen molar-refractivity contribution in [3.63, 3.8) is 0 Å². The molecular formula is C18H18N4O. The molecule has 0 spiro atoms. The van der Waals surface area contributed by atoms with Crippen LogP contribution in [0.1, 0.15) is 11.1 Å². The van der Waals surface area contributed by atoms with E-state index in [0.717, 1.165) is 11.4 Å². The fraction of sp³-hybridized carbons (Fsp3) is 0. The van der Waals surface area contributed by atoms with Crippen LogP contribution in [0.3, 0.4) is 0 Å². The van der Waals surface area contributed by atoms with Gasteiger partial charge in [-0.15, -0.1) is 0 Å².